The lowest BCUT2D eigenvalue weighted by molar-refractivity contribution is 0.246. The van der Waals surface area contributed by atoms with Crippen LogP contribution in [-0.4, -0.2) is 6.61 Å². The van der Waals surface area contributed by atoms with Gasteiger partial charge in [0.2, 0.25) is 0 Å². The number of terminal acetylenes is 1. The Balaban J connectivity index is 2.80. The van der Waals surface area contributed by atoms with Crippen molar-refractivity contribution < 1.29 is 4.74 Å². The Hall–Kier alpha value is -2.12. The van der Waals surface area contributed by atoms with Crippen LogP contribution in [0.1, 0.15) is 12.5 Å². The van der Waals surface area contributed by atoms with Crippen LogP contribution >= 0.6 is 0 Å². The Morgan fingerprint density at radius 2 is 2.13 bits per heavy atom. The fourth-order valence-corrected chi connectivity index (χ4v) is 1.00. The maximum Gasteiger partial charge on any atom is 0.178 e. The minimum absolute atomic E-state index is 0.531. The molecule has 0 amide bonds. The van der Waals surface area contributed by atoms with Crippen LogP contribution in [0.4, 0.5) is 0 Å². The highest BCUT2D eigenvalue weighted by molar-refractivity contribution is 5.40. The summed E-state index contributed by atoms with van der Waals surface area (Å²) >= 11 is 0. The second-order valence-electron chi connectivity index (χ2n) is 2.72. The molecule has 1 heteroatoms. The summed E-state index contributed by atoms with van der Waals surface area (Å²) in [6, 6.07) is 9.70. The van der Waals surface area contributed by atoms with Gasteiger partial charge in [0, 0.05) is 11.6 Å². The number of hydrogen-bond donors (Lipinski definition) is 0. The Bertz CT molecular complexity index is 424. The molecule has 0 fully saturated rings. The summed E-state index contributed by atoms with van der Waals surface area (Å²) in [6.45, 7) is 2.46. The third-order valence-corrected chi connectivity index (χ3v) is 1.62. The Morgan fingerprint density at radius 1 is 1.40 bits per heavy atom. The van der Waals surface area contributed by atoms with Gasteiger partial charge in [-0.1, -0.05) is 30.0 Å². The van der Waals surface area contributed by atoms with Gasteiger partial charge in [0.1, 0.15) is 0 Å². The third kappa shape index (κ3) is 4.07. The summed E-state index contributed by atoms with van der Waals surface area (Å²) in [5.41, 5.74) is 0.945. The zero-order valence-corrected chi connectivity index (χ0v) is 8.66. The monoisotopic (exact) mass is 196 g/mol. The van der Waals surface area contributed by atoms with Crippen LogP contribution in [0.3, 0.4) is 0 Å². The van der Waals surface area contributed by atoms with E-state index in [-0.39, 0.29) is 0 Å². The first-order chi connectivity index (χ1) is 7.36. The number of benzene rings is 1. The molecule has 0 saturated heterocycles. The van der Waals surface area contributed by atoms with Gasteiger partial charge in [-0.2, -0.15) is 0 Å². The van der Waals surface area contributed by atoms with Crippen molar-refractivity contribution in [3.05, 3.63) is 47.7 Å². The van der Waals surface area contributed by atoms with Gasteiger partial charge in [0.15, 0.2) is 5.76 Å². The highest BCUT2D eigenvalue weighted by atomic mass is 16.5. The largest absolute Gasteiger partial charge is 0.485 e. The van der Waals surface area contributed by atoms with E-state index in [4.69, 9.17) is 11.2 Å². The molecule has 1 aromatic carbocycles. The topological polar surface area (TPSA) is 9.23 Å². The SMILES string of the molecule is C#CC=C(C#Cc1ccccc1)OCC. The molecule has 1 nitrogen and oxygen atoms in total. The van der Waals surface area contributed by atoms with E-state index in [0.29, 0.717) is 12.4 Å². The molecule has 0 heterocycles. The highest BCUT2D eigenvalue weighted by Crippen LogP contribution is 1.98. The molecule has 0 radical (unpaired) electrons. The maximum atomic E-state index is 5.25. The van der Waals surface area contributed by atoms with E-state index >= 15 is 0 Å². The van der Waals surface area contributed by atoms with Crippen molar-refractivity contribution in [1.29, 1.82) is 0 Å². The minimum Gasteiger partial charge on any atom is -0.485 e. The first kappa shape index (κ1) is 11.0. The molecule has 0 atom stereocenters. The fraction of sp³-hybridized carbons (Fsp3) is 0.143. The first-order valence-corrected chi connectivity index (χ1v) is 4.73. The van der Waals surface area contributed by atoms with Gasteiger partial charge in [-0.3, -0.25) is 0 Å². The number of allylic oxidation sites excluding steroid dienone is 2. The minimum atomic E-state index is 0.531. The second kappa shape index (κ2) is 6.35. The van der Waals surface area contributed by atoms with Crippen LogP contribution in [0.15, 0.2) is 42.2 Å². The summed E-state index contributed by atoms with van der Waals surface area (Å²) < 4.78 is 5.25. The first-order valence-electron chi connectivity index (χ1n) is 4.73. The Kier molecular flexibility index (Phi) is 4.64. The van der Waals surface area contributed by atoms with Crippen molar-refractivity contribution in [3.8, 4) is 24.2 Å². The highest BCUT2D eigenvalue weighted by Gasteiger charge is 1.89. The van der Waals surface area contributed by atoms with E-state index in [1.54, 1.807) is 0 Å². The summed E-state index contributed by atoms with van der Waals surface area (Å²) in [6.07, 6.45) is 6.68. The van der Waals surface area contributed by atoms with Gasteiger partial charge in [-0.15, -0.1) is 6.42 Å². The average molecular weight is 196 g/mol. The van der Waals surface area contributed by atoms with E-state index < -0.39 is 0 Å². The van der Waals surface area contributed by atoms with Crippen LogP contribution < -0.4 is 0 Å². The molecule has 74 valence electrons. The average Bonchev–Trinajstić information content (AvgIpc) is 2.28. The molecule has 0 spiro atoms. The van der Waals surface area contributed by atoms with Crippen LogP contribution in [0.25, 0.3) is 0 Å². The van der Waals surface area contributed by atoms with Crippen molar-refractivity contribution in [2.24, 2.45) is 0 Å². The molecule has 0 N–H and O–H groups in total. The van der Waals surface area contributed by atoms with Crippen molar-refractivity contribution in [2.45, 2.75) is 6.92 Å². The molecule has 0 aliphatic heterocycles. The van der Waals surface area contributed by atoms with Gasteiger partial charge in [0.25, 0.3) is 0 Å². The van der Waals surface area contributed by atoms with E-state index in [1.807, 2.05) is 37.3 Å². The molecular weight excluding hydrogens is 184 g/mol. The second-order valence-corrected chi connectivity index (χ2v) is 2.72. The Morgan fingerprint density at radius 3 is 2.73 bits per heavy atom. The van der Waals surface area contributed by atoms with Gasteiger partial charge >= 0.3 is 0 Å². The molecule has 1 rings (SSSR count). The molecule has 0 unspecified atom stereocenters. The number of rotatable bonds is 2. The lowest BCUT2D eigenvalue weighted by Gasteiger charge is -1.98. The smallest absolute Gasteiger partial charge is 0.178 e. The van der Waals surface area contributed by atoms with Gasteiger partial charge in [-0.25, -0.2) is 0 Å². The fourth-order valence-electron chi connectivity index (χ4n) is 1.00. The quantitative estimate of drug-likeness (QED) is 0.522. The van der Waals surface area contributed by atoms with E-state index in [9.17, 15) is 0 Å². The zero-order chi connectivity index (χ0) is 10.9. The van der Waals surface area contributed by atoms with Gasteiger partial charge in [0.05, 0.1) is 6.61 Å². The van der Waals surface area contributed by atoms with Crippen LogP contribution in [0.5, 0.6) is 0 Å². The summed E-state index contributed by atoms with van der Waals surface area (Å²) in [5, 5.41) is 0. The van der Waals surface area contributed by atoms with Crippen LogP contribution in [0.2, 0.25) is 0 Å². The van der Waals surface area contributed by atoms with Crippen molar-refractivity contribution in [2.75, 3.05) is 6.61 Å². The van der Waals surface area contributed by atoms with Crippen molar-refractivity contribution in [1.82, 2.24) is 0 Å². The van der Waals surface area contributed by atoms with Gasteiger partial charge < -0.3 is 4.74 Å². The standard InChI is InChI=1S/C14H12O/c1-3-8-14(15-4-2)12-11-13-9-6-5-7-10-13/h1,5-10H,4H2,2H3. The lowest BCUT2D eigenvalue weighted by Crippen LogP contribution is -1.88. The van der Waals surface area contributed by atoms with E-state index in [1.165, 1.54) is 6.08 Å². The molecule has 0 aliphatic carbocycles. The maximum absolute atomic E-state index is 5.25. The van der Waals surface area contributed by atoms with E-state index in [0.717, 1.165) is 5.56 Å². The van der Waals surface area contributed by atoms with E-state index in [2.05, 4.69) is 17.8 Å². The molecule has 0 aromatic heterocycles. The van der Waals surface area contributed by atoms with Crippen molar-refractivity contribution >= 4 is 0 Å². The molecule has 0 aliphatic rings. The summed E-state index contributed by atoms with van der Waals surface area (Å²) in [4.78, 5) is 0. The Labute approximate surface area is 90.8 Å². The molecule has 0 saturated carbocycles. The predicted molar refractivity (Wildman–Crippen MR) is 61.9 cm³/mol. The molecule has 1 aromatic rings. The number of ether oxygens (including phenoxy) is 1. The predicted octanol–water partition coefficient (Wildman–Crippen LogP) is 2.59. The summed E-state index contributed by atoms with van der Waals surface area (Å²) in [7, 11) is 0. The summed E-state index contributed by atoms with van der Waals surface area (Å²) in [5.74, 6) is 8.79. The molecule has 15 heavy (non-hydrogen) atoms. The molecular formula is C14H12O. The van der Waals surface area contributed by atoms with Crippen LogP contribution in [0, 0.1) is 24.2 Å². The third-order valence-electron chi connectivity index (χ3n) is 1.62. The lowest BCUT2D eigenvalue weighted by atomic mass is 10.2. The van der Waals surface area contributed by atoms with Crippen LogP contribution in [-0.2, 0) is 4.74 Å². The number of hydrogen-bond acceptors (Lipinski definition) is 1. The van der Waals surface area contributed by atoms with Crippen molar-refractivity contribution in [3.63, 3.8) is 0 Å². The van der Waals surface area contributed by atoms with Gasteiger partial charge in [-0.05, 0) is 25.0 Å². The molecule has 0 bridgehead atoms. The normalized spacial score (nSPS) is 9.73. The zero-order valence-electron chi connectivity index (χ0n) is 8.66.